The summed E-state index contributed by atoms with van der Waals surface area (Å²) in [5, 5.41) is 0. The molecule has 2 rings (SSSR count). The molecule has 0 bridgehead atoms. The Kier molecular flexibility index (Phi) is 4.88. The smallest absolute Gasteiger partial charge is 0.223 e. The van der Waals surface area contributed by atoms with E-state index in [0.29, 0.717) is 13.0 Å². The lowest BCUT2D eigenvalue weighted by Gasteiger charge is -2.17. The minimum Gasteiger partial charge on any atom is -0.332 e. The minimum atomic E-state index is 0.290. The molecule has 2 aliphatic heterocycles. The predicted molar refractivity (Wildman–Crippen MR) is 68.5 cm³/mol. The van der Waals surface area contributed by atoms with Crippen molar-refractivity contribution in [3.63, 3.8) is 0 Å². The van der Waals surface area contributed by atoms with Gasteiger partial charge in [-0.25, -0.2) is 0 Å². The fourth-order valence-corrected chi connectivity index (χ4v) is 2.47. The van der Waals surface area contributed by atoms with E-state index in [1.54, 1.807) is 0 Å². The van der Waals surface area contributed by atoms with Gasteiger partial charge in [-0.2, -0.15) is 0 Å². The quantitative estimate of drug-likeness (QED) is 0.676. The molecule has 17 heavy (non-hydrogen) atoms. The Morgan fingerprint density at radius 2 is 1.59 bits per heavy atom. The summed E-state index contributed by atoms with van der Waals surface area (Å²) in [5.41, 5.74) is 0. The van der Waals surface area contributed by atoms with E-state index in [2.05, 4.69) is 16.7 Å². The second-order valence-electron chi connectivity index (χ2n) is 4.96. The van der Waals surface area contributed by atoms with Gasteiger partial charge >= 0.3 is 0 Å². The predicted octanol–water partition coefficient (Wildman–Crippen LogP) is 1.49. The van der Waals surface area contributed by atoms with Gasteiger partial charge in [0.2, 0.25) is 5.91 Å². The largest absolute Gasteiger partial charge is 0.332 e. The first-order valence-corrected chi connectivity index (χ1v) is 6.82. The topological polar surface area (TPSA) is 23.6 Å². The molecule has 2 heterocycles. The summed E-state index contributed by atoms with van der Waals surface area (Å²) in [4.78, 5) is 16.0. The summed E-state index contributed by atoms with van der Waals surface area (Å²) in [6.45, 7) is 4.79. The third-order valence-corrected chi connectivity index (χ3v) is 3.57. The summed E-state index contributed by atoms with van der Waals surface area (Å²) in [6.07, 6.45) is 6.71. The average molecular weight is 234 g/mol. The molecule has 1 amide bonds. The van der Waals surface area contributed by atoms with Crippen LogP contribution in [0, 0.1) is 11.8 Å². The van der Waals surface area contributed by atoms with Crippen LogP contribution in [-0.2, 0) is 4.79 Å². The highest BCUT2D eigenvalue weighted by atomic mass is 16.2. The Bertz CT molecular complexity index is 310. The first-order chi connectivity index (χ1) is 8.36. The highest BCUT2D eigenvalue weighted by Crippen LogP contribution is 2.10. The van der Waals surface area contributed by atoms with Crippen LogP contribution in [0.25, 0.3) is 0 Å². The molecule has 0 aromatic rings. The molecule has 0 N–H and O–H groups in total. The van der Waals surface area contributed by atoms with E-state index in [9.17, 15) is 4.79 Å². The second-order valence-corrected chi connectivity index (χ2v) is 4.96. The zero-order valence-electron chi connectivity index (χ0n) is 10.6. The van der Waals surface area contributed by atoms with Crippen molar-refractivity contribution in [2.24, 2.45) is 0 Å². The van der Waals surface area contributed by atoms with Crippen LogP contribution in [0.5, 0.6) is 0 Å². The van der Waals surface area contributed by atoms with Gasteiger partial charge in [0.25, 0.3) is 0 Å². The molecule has 2 aliphatic rings. The number of amides is 1. The number of carbonyl (C=O) groups excluding carboxylic acids is 1. The highest BCUT2D eigenvalue weighted by molar-refractivity contribution is 5.76. The van der Waals surface area contributed by atoms with Gasteiger partial charge in [-0.1, -0.05) is 18.3 Å². The van der Waals surface area contributed by atoms with Crippen molar-refractivity contribution in [1.82, 2.24) is 9.80 Å². The molecule has 0 spiro atoms. The molecule has 2 saturated heterocycles. The molecule has 3 nitrogen and oxygen atoms in total. The number of likely N-dealkylation sites (tertiary alicyclic amines) is 2. The zero-order chi connectivity index (χ0) is 11.9. The Balaban J connectivity index is 1.72. The van der Waals surface area contributed by atoms with E-state index >= 15 is 0 Å². The van der Waals surface area contributed by atoms with Crippen molar-refractivity contribution in [2.75, 3.05) is 32.7 Å². The van der Waals surface area contributed by atoms with Gasteiger partial charge in [-0.3, -0.25) is 9.69 Å². The molecular weight excluding hydrogens is 212 g/mol. The molecule has 0 aromatic carbocycles. The number of rotatable bonds is 2. The van der Waals surface area contributed by atoms with E-state index in [-0.39, 0.29) is 5.91 Å². The van der Waals surface area contributed by atoms with E-state index in [1.165, 1.54) is 32.4 Å². The second kappa shape index (κ2) is 6.66. The minimum absolute atomic E-state index is 0.290. The van der Waals surface area contributed by atoms with Crippen LogP contribution in [-0.4, -0.2) is 48.4 Å². The maximum atomic E-state index is 11.7. The van der Waals surface area contributed by atoms with Crippen molar-refractivity contribution in [3.05, 3.63) is 0 Å². The third kappa shape index (κ3) is 4.05. The fraction of sp³-hybridized carbons (Fsp3) is 0.786. The summed E-state index contributed by atoms with van der Waals surface area (Å²) in [6, 6.07) is 0. The lowest BCUT2D eigenvalue weighted by atomic mass is 10.2. The van der Waals surface area contributed by atoms with Crippen molar-refractivity contribution in [3.8, 4) is 11.8 Å². The summed E-state index contributed by atoms with van der Waals surface area (Å²) >= 11 is 0. The Labute approximate surface area is 104 Å². The molecule has 94 valence electrons. The molecular formula is C14H22N2O. The molecule has 0 saturated carbocycles. The molecule has 0 aliphatic carbocycles. The molecule has 0 aromatic heterocycles. The van der Waals surface area contributed by atoms with Gasteiger partial charge < -0.3 is 4.90 Å². The monoisotopic (exact) mass is 234 g/mol. The molecule has 0 unspecified atom stereocenters. The van der Waals surface area contributed by atoms with Crippen LogP contribution in [0.1, 0.15) is 38.5 Å². The van der Waals surface area contributed by atoms with Crippen LogP contribution in [0.15, 0.2) is 0 Å². The fourth-order valence-electron chi connectivity index (χ4n) is 2.47. The Morgan fingerprint density at radius 1 is 0.882 bits per heavy atom. The molecule has 0 atom stereocenters. The average Bonchev–Trinajstić information content (AvgIpc) is 2.76. The van der Waals surface area contributed by atoms with Crippen LogP contribution in [0.4, 0.5) is 0 Å². The van der Waals surface area contributed by atoms with Crippen LogP contribution >= 0.6 is 0 Å². The van der Waals surface area contributed by atoms with Crippen molar-refractivity contribution in [1.29, 1.82) is 0 Å². The molecule has 2 fully saturated rings. The number of carbonyl (C=O) groups is 1. The van der Waals surface area contributed by atoms with E-state index in [4.69, 9.17) is 0 Å². The summed E-state index contributed by atoms with van der Waals surface area (Å²) in [7, 11) is 0. The van der Waals surface area contributed by atoms with Crippen LogP contribution in [0.2, 0.25) is 0 Å². The van der Waals surface area contributed by atoms with Crippen molar-refractivity contribution >= 4 is 5.91 Å². The van der Waals surface area contributed by atoms with Gasteiger partial charge in [0.1, 0.15) is 0 Å². The van der Waals surface area contributed by atoms with E-state index in [0.717, 1.165) is 25.9 Å². The third-order valence-electron chi connectivity index (χ3n) is 3.57. The van der Waals surface area contributed by atoms with Gasteiger partial charge in [0, 0.05) is 13.0 Å². The lowest BCUT2D eigenvalue weighted by molar-refractivity contribution is -0.130. The molecule has 0 radical (unpaired) electrons. The van der Waals surface area contributed by atoms with Crippen LogP contribution in [0.3, 0.4) is 0 Å². The number of hydrogen-bond acceptors (Lipinski definition) is 2. The summed E-state index contributed by atoms with van der Waals surface area (Å²) in [5.74, 6) is 6.64. The standard InChI is InChI=1S/C14H22N2O/c17-14-8-2-1-3-12-16(14)13-7-6-11-15-9-4-5-10-15/h1-5,8-13H2. The van der Waals surface area contributed by atoms with Crippen molar-refractivity contribution < 1.29 is 4.79 Å². The Hall–Kier alpha value is -1.01. The first kappa shape index (κ1) is 12.4. The SMILES string of the molecule is O=C1CCCCCN1CC#CCN1CCCC1. The number of nitrogens with zero attached hydrogens (tertiary/aromatic N) is 2. The van der Waals surface area contributed by atoms with E-state index < -0.39 is 0 Å². The lowest BCUT2D eigenvalue weighted by Crippen LogP contribution is -2.30. The normalized spacial score (nSPS) is 22.1. The van der Waals surface area contributed by atoms with Crippen LogP contribution < -0.4 is 0 Å². The highest BCUT2D eigenvalue weighted by Gasteiger charge is 2.14. The number of hydrogen-bond donors (Lipinski definition) is 0. The van der Waals surface area contributed by atoms with Gasteiger partial charge in [0.05, 0.1) is 13.1 Å². The summed E-state index contributed by atoms with van der Waals surface area (Å²) < 4.78 is 0. The maximum absolute atomic E-state index is 11.7. The van der Waals surface area contributed by atoms with Gasteiger partial charge in [-0.05, 0) is 38.8 Å². The zero-order valence-corrected chi connectivity index (χ0v) is 10.6. The molecule has 3 heteroatoms. The Morgan fingerprint density at radius 3 is 2.41 bits per heavy atom. The maximum Gasteiger partial charge on any atom is 0.223 e. The first-order valence-electron chi connectivity index (χ1n) is 6.82. The van der Waals surface area contributed by atoms with E-state index in [1.807, 2.05) is 4.90 Å². The van der Waals surface area contributed by atoms with Gasteiger partial charge in [0.15, 0.2) is 0 Å². The van der Waals surface area contributed by atoms with Crippen molar-refractivity contribution in [2.45, 2.75) is 38.5 Å². The van der Waals surface area contributed by atoms with Gasteiger partial charge in [-0.15, -0.1) is 0 Å².